The van der Waals surface area contributed by atoms with Gasteiger partial charge in [0.2, 0.25) is 5.91 Å². The molecule has 0 saturated heterocycles. The number of thiophene rings is 1. The van der Waals surface area contributed by atoms with Gasteiger partial charge in [0, 0.05) is 16.3 Å². The number of hydrogen-bond donors (Lipinski definition) is 1. The molecule has 0 radical (unpaired) electrons. The van der Waals surface area contributed by atoms with E-state index in [0.29, 0.717) is 11.4 Å². The number of ether oxygens (including phenoxy) is 1. The molecule has 2 heterocycles. The van der Waals surface area contributed by atoms with Gasteiger partial charge in [0.1, 0.15) is 5.75 Å². The monoisotopic (exact) mass is 442 g/mol. The Morgan fingerprint density at radius 2 is 2.00 bits per heavy atom. The number of carbonyl (C=O) groups is 2. The largest absolute Gasteiger partial charge is 0.495 e. The summed E-state index contributed by atoms with van der Waals surface area (Å²) in [5.41, 5.74) is 0.708. The van der Waals surface area contributed by atoms with Crippen LogP contribution < -0.4 is 15.0 Å². The van der Waals surface area contributed by atoms with Crippen LogP contribution in [-0.4, -0.2) is 34.6 Å². The van der Waals surface area contributed by atoms with Gasteiger partial charge in [-0.3, -0.25) is 14.5 Å². The van der Waals surface area contributed by atoms with E-state index < -0.39 is 11.9 Å². The molecule has 2 aromatic heterocycles. The Morgan fingerprint density at radius 1 is 1.20 bits per heavy atom. The van der Waals surface area contributed by atoms with Gasteiger partial charge in [-0.15, -0.1) is 16.4 Å². The number of carbonyl (C=O) groups excluding carboxylic acids is 2. The van der Waals surface area contributed by atoms with Crippen LogP contribution in [0.2, 0.25) is 0 Å². The number of methoxy groups -OCH3 is 1. The summed E-state index contributed by atoms with van der Waals surface area (Å²) in [5, 5.41) is 10.6. The highest BCUT2D eigenvalue weighted by Crippen LogP contribution is 2.37. The molecule has 156 valence electrons. The Bertz CT molecular complexity index is 986. The Kier molecular flexibility index (Phi) is 6.39. The van der Waals surface area contributed by atoms with E-state index in [0.717, 1.165) is 42.1 Å². The lowest BCUT2D eigenvalue weighted by Crippen LogP contribution is -2.46. The van der Waals surface area contributed by atoms with E-state index in [9.17, 15) is 9.59 Å². The zero-order chi connectivity index (χ0) is 20.9. The number of benzene rings is 1. The van der Waals surface area contributed by atoms with Crippen LogP contribution in [0.4, 0.5) is 5.69 Å². The molecule has 1 unspecified atom stereocenters. The predicted octanol–water partition coefficient (Wildman–Crippen LogP) is 4.06. The SMILES string of the molecule is COc1ccccc1N(C(=O)c1csnn1)C(C(=O)NC1CCCC1)c1cccs1. The zero-order valence-electron chi connectivity index (χ0n) is 16.5. The average Bonchev–Trinajstić information content (AvgIpc) is 3.55. The van der Waals surface area contributed by atoms with Crippen molar-refractivity contribution in [1.29, 1.82) is 0 Å². The smallest absolute Gasteiger partial charge is 0.280 e. The Hall–Kier alpha value is -2.78. The predicted molar refractivity (Wildman–Crippen MR) is 117 cm³/mol. The van der Waals surface area contributed by atoms with Crippen LogP contribution in [-0.2, 0) is 4.79 Å². The molecule has 1 aliphatic carbocycles. The molecule has 3 aromatic rings. The van der Waals surface area contributed by atoms with E-state index in [-0.39, 0.29) is 17.6 Å². The summed E-state index contributed by atoms with van der Waals surface area (Å²) in [6.45, 7) is 0. The van der Waals surface area contributed by atoms with Crippen molar-refractivity contribution in [2.24, 2.45) is 0 Å². The van der Waals surface area contributed by atoms with Gasteiger partial charge in [-0.2, -0.15) is 0 Å². The van der Waals surface area contributed by atoms with Gasteiger partial charge in [-0.1, -0.05) is 35.5 Å². The zero-order valence-corrected chi connectivity index (χ0v) is 18.1. The van der Waals surface area contributed by atoms with Crippen LogP contribution in [0.5, 0.6) is 5.75 Å². The molecule has 7 nitrogen and oxygen atoms in total. The lowest BCUT2D eigenvalue weighted by molar-refractivity contribution is -0.123. The van der Waals surface area contributed by atoms with Crippen molar-refractivity contribution >= 4 is 40.4 Å². The molecule has 0 aliphatic heterocycles. The highest BCUT2D eigenvalue weighted by molar-refractivity contribution is 7.10. The first kappa shape index (κ1) is 20.5. The minimum absolute atomic E-state index is 0.135. The molecule has 2 amide bonds. The van der Waals surface area contributed by atoms with E-state index in [1.165, 1.54) is 16.2 Å². The topological polar surface area (TPSA) is 84.4 Å². The molecule has 1 saturated carbocycles. The van der Waals surface area contributed by atoms with Crippen molar-refractivity contribution in [2.45, 2.75) is 37.8 Å². The fourth-order valence-corrected chi connectivity index (χ4v) is 4.99. The maximum Gasteiger partial charge on any atom is 0.280 e. The maximum absolute atomic E-state index is 13.6. The van der Waals surface area contributed by atoms with E-state index in [1.807, 2.05) is 29.6 Å². The van der Waals surface area contributed by atoms with Gasteiger partial charge in [0.05, 0.1) is 12.8 Å². The third-order valence-electron chi connectivity index (χ3n) is 5.16. The van der Waals surface area contributed by atoms with Gasteiger partial charge in [0.15, 0.2) is 11.7 Å². The van der Waals surface area contributed by atoms with Gasteiger partial charge >= 0.3 is 0 Å². The first-order valence-corrected chi connectivity index (χ1v) is 11.5. The average molecular weight is 443 g/mol. The second-order valence-electron chi connectivity index (χ2n) is 7.05. The van der Waals surface area contributed by atoms with Crippen LogP contribution >= 0.6 is 22.9 Å². The van der Waals surface area contributed by atoms with Crippen molar-refractivity contribution in [2.75, 3.05) is 12.0 Å². The summed E-state index contributed by atoms with van der Waals surface area (Å²) in [5.74, 6) is -0.0933. The lowest BCUT2D eigenvalue weighted by Gasteiger charge is -2.31. The molecule has 1 atom stereocenters. The summed E-state index contributed by atoms with van der Waals surface area (Å²) in [4.78, 5) is 29.3. The van der Waals surface area contributed by atoms with Crippen LogP contribution in [0.3, 0.4) is 0 Å². The van der Waals surface area contributed by atoms with Gasteiger partial charge < -0.3 is 10.1 Å². The van der Waals surface area contributed by atoms with Gasteiger partial charge in [-0.05, 0) is 48.0 Å². The summed E-state index contributed by atoms with van der Waals surface area (Å²) >= 11 is 2.54. The third kappa shape index (κ3) is 4.22. The maximum atomic E-state index is 13.6. The Morgan fingerprint density at radius 3 is 2.67 bits per heavy atom. The molecule has 4 rings (SSSR count). The Labute approximate surface area is 182 Å². The number of para-hydroxylation sites is 2. The molecular formula is C21H22N4O3S2. The molecule has 1 aliphatic rings. The van der Waals surface area contributed by atoms with Crippen LogP contribution in [0.25, 0.3) is 0 Å². The number of rotatable bonds is 7. The molecule has 9 heteroatoms. The van der Waals surface area contributed by atoms with E-state index in [2.05, 4.69) is 14.9 Å². The number of nitrogens with zero attached hydrogens (tertiary/aromatic N) is 3. The Balaban J connectivity index is 1.80. The number of amides is 2. The normalized spacial score (nSPS) is 15.0. The third-order valence-corrected chi connectivity index (χ3v) is 6.59. The van der Waals surface area contributed by atoms with Crippen molar-refractivity contribution in [1.82, 2.24) is 14.9 Å². The van der Waals surface area contributed by atoms with Gasteiger partial charge in [-0.25, -0.2) is 0 Å². The number of nitrogens with one attached hydrogen (secondary N) is 1. The molecule has 0 spiro atoms. The highest BCUT2D eigenvalue weighted by Gasteiger charge is 2.37. The van der Waals surface area contributed by atoms with Crippen molar-refractivity contribution in [3.05, 3.63) is 57.7 Å². The minimum Gasteiger partial charge on any atom is -0.495 e. The molecule has 0 bridgehead atoms. The molecule has 1 fully saturated rings. The van der Waals surface area contributed by atoms with Crippen molar-refractivity contribution in [3.63, 3.8) is 0 Å². The highest BCUT2D eigenvalue weighted by atomic mass is 32.1. The fourth-order valence-electron chi connectivity index (χ4n) is 3.75. The van der Waals surface area contributed by atoms with Crippen LogP contribution in [0.15, 0.2) is 47.2 Å². The first-order valence-electron chi connectivity index (χ1n) is 9.76. The van der Waals surface area contributed by atoms with Crippen molar-refractivity contribution < 1.29 is 14.3 Å². The minimum atomic E-state index is -0.837. The molecule has 1 aromatic carbocycles. The molecule has 1 N–H and O–H groups in total. The fraction of sp³-hybridized carbons (Fsp3) is 0.333. The summed E-state index contributed by atoms with van der Waals surface area (Å²) in [6.07, 6.45) is 4.13. The summed E-state index contributed by atoms with van der Waals surface area (Å²) in [7, 11) is 1.55. The molecular weight excluding hydrogens is 420 g/mol. The van der Waals surface area contributed by atoms with E-state index in [1.54, 1.807) is 24.6 Å². The van der Waals surface area contributed by atoms with Crippen LogP contribution in [0.1, 0.15) is 47.1 Å². The number of aromatic nitrogens is 2. The second kappa shape index (κ2) is 9.36. The second-order valence-corrected chi connectivity index (χ2v) is 8.63. The van der Waals surface area contributed by atoms with E-state index in [4.69, 9.17) is 4.74 Å². The first-order chi connectivity index (χ1) is 14.7. The summed E-state index contributed by atoms with van der Waals surface area (Å²) < 4.78 is 9.35. The quantitative estimate of drug-likeness (QED) is 0.597. The van der Waals surface area contributed by atoms with Gasteiger partial charge in [0.25, 0.3) is 5.91 Å². The number of hydrogen-bond acceptors (Lipinski definition) is 7. The van der Waals surface area contributed by atoms with E-state index >= 15 is 0 Å². The van der Waals surface area contributed by atoms with Crippen molar-refractivity contribution in [3.8, 4) is 5.75 Å². The lowest BCUT2D eigenvalue weighted by atomic mass is 10.1. The number of anilines is 1. The molecule has 30 heavy (non-hydrogen) atoms. The summed E-state index contributed by atoms with van der Waals surface area (Å²) in [6, 6.07) is 10.2. The van der Waals surface area contributed by atoms with Crippen LogP contribution in [0, 0.1) is 0 Å². The standard InChI is InChI=1S/C21H22N4O3S2/c1-28-17-10-5-4-9-16(17)25(21(27)15-13-30-24-23-15)19(18-11-6-12-29-18)20(26)22-14-7-2-3-8-14/h4-6,9-14,19H,2-3,7-8H2,1H3,(H,22,26).